The molecule has 0 aromatic heterocycles. The SMILES string of the molecule is CCCCCCC1=C(c2cccc(C)c2)[N+](=[N-])C(c2cccc(C)c2)=C1CCCC.[CH2-]CCCCCCCCCCCCCCCC.[CH2-]CCCCCCCCCCCCCCCC.[Ni+2]. The average molecular weight is 938 g/mol. The first-order chi connectivity index (χ1) is 31.4. The molecule has 65 heavy (non-hydrogen) atoms. The van der Waals surface area contributed by atoms with E-state index >= 15 is 0 Å². The zero-order chi connectivity index (χ0) is 46.7. The molecule has 1 heterocycles. The summed E-state index contributed by atoms with van der Waals surface area (Å²) in [7, 11) is 0. The molecule has 1 aliphatic rings. The third kappa shape index (κ3) is 31.6. The van der Waals surface area contributed by atoms with E-state index in [2.05, 4.69) is 104 Å². The van der Waals surface area contributed by atoms with Crippen LogP contribution in [0.25, 0.3) is 16.9 Å². The van der Waals surface area contributed by atoms with E-state index in [0.717, 1.165) is 61.0 Å². The Hall–Kier alpha value is -1.99. The Morgan fingerprint density at radius 2 is 0.631 bits per heavy atom. The summed E-state index contributed by atoms with van der Waals surface area (Å²) in [6, 6.07) is 17.1. The molecule has 0 atom stereocenters. The van der Waals surface area contributed by atoms with Crippen molar-refractivity contribution < 1.29 is 21.2 Å². The van der Waals surface area contributed by atoms with Gasteiger partial charge in [0.25, 0.3) is 0 Å². The average Bonchev–Trinajstić information content (AvgIpc) is 3.58. The summed E-state index contributed by atoms with van der Waals surface area (Å²) in [5.41, 5.74) is 20.8. The molecule has 374 valence electrons. The first-order valence-corrected chi connectivity index (χ1v) is 28.1. The minimum Gasteiger partial charge on any atom is -0.493 e. The Bertz CT molecular complexity index is 1390. The van der Waals surface area contributed by atoms with Gasteiger partial charge in [-0.1, -0.05) is 269 Å². The van der Waals surface area contributed by atoms with Crippen LogP contribution in [0, 0.1) is 27.7 Å². The molecular formula is C62H106N2Ni. The van der Waals surface area contributed by atoms with E-state index in [1.165, 1.54) is 232 Å². The van der Waals surface area contributed by atoms with Crippen LogP contribution in [0.5, 0.6) is 0 Å². The molecule has 2 nitrogen and oxygen atoms in total. The zero-order valence-electron chi connectivity index (χ0n) is 44.1. The van der Waals surface area contributed by atoms with Crippen LogP contribution < -0.4 is 0 Å². The van der Waals surface area contributed by atoms with Gasteiger partial charge in [-0.15, -0.1) is 0 Å². The summed E-state index contributed by atoms with van der Waals surface area (Å²) < 4.78 is 1.49. The number of rotatable bonds is 38. The standard InChI is InChI=1S/C28H36N2.2C17H35.Ni/c1-5-7-9-10-18-26-25(17-8-6-2)27(23-15-11-13-21(3)19-23)30(29)28(26)24-16-12-14-22(4)20-24;2*1-3-5-7-9-11-13-15-17-16-14-12-10-8-6-4-2;/h11-16,19-20H,5-10,17-18H2,1-4H3;2*1,3-17H2,2H3;/q;2*-1;+2. The molecule has 0 unspecified atom stereocenters. The van der Waals surface area contributed by atoms with Gasteiger partial charge < -0.3 is 19.4 Å². The Morgan fingerprint density at radius 1 is 0.369 bits per heavy atom. The summed E-state index contributed by atoms with van der Waals surface area (Å²) in [5, 5.41) is 0. The first kappa shape index (κ1) is 63.0. The number of hydrogen-bond donors (Lipinski definition) is 0. The second-order valence-electron chi connectivity index (χ2n) is 19.5. The van der Waals surface area contributed by atoms with Crippen LogP contribution in [0.4, 0.5) is 0 Å². The van der Waals surface area contributed by atoms with Crippen LogP contribution in [0.3, 0.4) is 0 Å². The van der Waals surface area contributed by atoms with Gasteiger partial charge in [-0.25, -0.2) is 4.70 Å². The Kier molecular flexibility index (Phi) is 44.4. The van der Waals surface area contributed by atoms with E-state index in [-0.39, 0.29) is 16.5 Å². The van der Waals surface area contributed by atoms with Crippen LogP contribution in [-0.2, 0) is 16.5 Å². The number of benzene rings is 2. The topological polar surface area (TPSA) is 25.3 Å². The van der Waals surface area contributed by atoms with Gasteiger partial charge in [-0.3, -0.25) is 0 Å². The van der Waals surface area contributed by atoms with Crippen molar-refractivity contribution in [1.82, 2.24) is 0 Å². The monoisotopic (exact) mass is 937 g/mol. The normalized spacial score (nSPS) is 12.3. The van der Waals surface area contributed by atoms with Crippen molar-refractivity contribution in [3.63, 3.8) is 0 Å². The molecule has 0 saturated heterocycles. The van der Waals surface area contributed by atoms with Gasteiger partial charge in [0, 0.05) is 22.3 Å². The van der Waals surface area contributed by atoms with Gasteiger partial charge in [0.1, 0.15) is 0 Å². The molecular weight excluding hydrogens is 831 g/mol. The maximum Gasteiger partial charge on any atom is 2.00 e. The quantitative estimate of drug-likeness (QED) is 0.0277. The van der Waals surface area contributed by atoms with Crippen LogP contribution in [0.2, 0.25) is 0 Å². The number of unbranched alkanes of at least 4 members (excludes halogenated alkanes) is 32. The molecule has 2 aromatic carbocycles. The van der Waals surface area contributed by atoms with Crippen LogP contribution in [0.15, 0.2) is 59.7 Å². The maximum atomic E-state index is 11.5. The van der Waals surface area contributed by atoms with E-state index in [0.29, 0.717) is 0 Å². The maximum absolute atomic E-state index is 11.5. The molecule has 3 rings (SSSR count). The Morgan fingerprint density at radius 3 is 0.908 bits per heavy atom. The molecule has 3 heteroatoms. The van der Waals surface area contributed by atoms with Gasteiger partial charge in [0.05, 0.1) is 0 Å². The van der Waals surface area contributed by atoms with E-state index in [9.17, 15) is 5.53 Å². The summed E-state index contributed by atoms with van der Waals surface area (Å²) >= 11 is 0. The fourth-order valence-electron chi connectivity index (χ4n) is 9.19. The molecule has 2 aromatic rings. The minimum atomic E-state index is 0. The number of allylic oxidation sites excluding steroid dienone is 2. The third-order valence-electron chi connectivity index (χ3n) is 13.2. The Balaban J connectivity index is 0.00000101. The van der Waals surface area contributed by atoms with Gasteiger partial charge >= 0.3 is 16.5 Å². The van der Waals surface area contributed by atoms with Crippen molar-refractivity contribution in [2.75, 3.05) is 0 Å². The molecule has 0 N–H and O–H groups in total. The van der Waals surface area contributed by atoms with Crippen molar-refractivity contribution in [1.29, 1.82) is 0 Å². The fourth-order valence-corrected chi connectivity index (χ4v) is 9.19. The number of aryl methyl sites for hydroxylation is 2. The van der Waals surface area contributed by atoms with Crippen LogP contribution in [-0.4, -0.2) is 4.70 Å². The van der Waals surface area contributed by atoms with Crippen molar-refractivity contribution >= 4 is 11.4 Å². The smallest absolute Gasteiger partial charge is 0.493 e. The summed E-state index contributed by atoms with van der Waals surface area (Å²) in [6.07, 6.45) is 51.9. The van der Waals surface area contributed by atoms with Crippen molar-refractivity contribution in [3.05, 3.63) is 101 Å². The largest absolute Gasteiger partial charge is 2.00 e. The van der Waals surface area contributed by atoms with E-state index < -0.39 is 0 Å². The molecule has 0 fully saturated rings. The predicted molar refractivity (Wildman–Crippen MR) is 289 cm³/mol. The van der Waals surface area contributed by atoms with E-state index in [1.54, 1.807) is 0 Å². The van der Waals surface area contributed by atoms with Gasteiger partial charge in [0.15, 0.2) is 0 Å². The van der Waals surface area contributed by atoms with Gasteiger partial charge in [-0.2, -0.15) is 12.8 Å². The predicted octanol–water partition coefficient (Wildman–Crippen LogP) is 22.0. The van der Waals surface area contributed by atoms with Crippen molar-refractivity contribution in [3.8, 4) is 0 Å². The van der Waals surface area contributed by atoms with Gasteiger partial charge in [0.2, 0.25) is 11.4 Å². The van der Waals surface area contributed by atoms with Crippen LogP contribution >= 0.6 is 0 Å². The number of nitrogens with zero attached hydrogens (tertiary/aromatic N) is 2. The first-order valence-electron chi connectivity index (χ1n) is 28.1. The Labute approximate surface area is 417 Å². The summed E-state index contributed by atoms with van der Waals surface area (Å²) in [4.78, 5) is 0. The second kappa shape index (κ2) is 45.8. The number of hydrogen-bond acceptors (Lipinski definition) is 0. The van der Waals surface area contributed by atoms with E-state index in [1.807, 2.05) is 0 Å². The third-order valence-corrected chi connectivity index (χ3v) is 13.2. The molecule has 0 bridgehead atoms. The summed E-state index contributed by atoms with van der Waals surface area (Å²) in [6.45, 7) is 21.1. The van der Waals surface area contributed by atoms with Crippen molar-refractivity contribution in [2.24, 2.45) is 0 Å². The minimum absolute atomic E-state index is 0. The fraction of sp³-hybridized carbons (Fsp3) is 0.710. The molecule has 0 spiro atoms. The van der Waals surface area contributed by atoms with E-state index in [4.69, 9.17) is 0 Å². The molecule has 0 aliphatic carbocycles. The molecule has 0 amide bonds. The second-order valence-corrected chi connectivity index (χ2v) is 19.5. The summed E-state index contributed by atoms with van der Waals surface area (Å²) in [5.74, 6) is 0. The molecule has 1 aliphatic heterocycles. The zero-order valence-corrected chi connectivity index (χ0v) is 45.1. The van der Waals surface area contributed by atoms with Crippen molar-refractivity contribution in [2.45, 2.75) is 286 Å². The molecule has 0 radical (unpaired) electrons. The van der Waals surface area contributed by atoms with Crippen LogP contribution in [0.1, 0.15) is 294 Å². The van der Waals surface area contributed by atoms with Gasteiger partial charge in [-0.05, 0) is 63.8 Å². The molecule has 0 saturated carbocycles.